The van der Waals surface area contributed by atoms with Crippen molar-refractivity contribution in [3.8, 4) is 11.3 Å². The summed E-state index contributed by atoms with van der Waals surface area (Å²) in [6, 6.07) is 6.03. The van der Waals surface area contributed by atoms with Crippen molar-refractivity contribution in [2.24, 2.45) is 0 Å². The number of anilines is 1. The van der Waals surface area contributed by atoms with Gasteiger partial charge in [0.1, 0.15) is 6.33 Å². The molecule has 4 heterocycles. The van der Waals surface area contributed by atoms with Gasteiger partial charge in [-0.1, -0.05) is 11.6 Å². The zero-order chi connectivity index (χ0) is 26.2. The highest BCUT2D eigenvalue weighted by Gasteiger charge is 2.57. The Bertz CT molecular complexity index is 1480. The Morgan fingerprint density at radius 3 is 2.65 bits per heavy atom. The summed E-state index contributed by atoms with van der Waals surface area (Å²) in [7, 11) is -3.45. The summed E-state index contributed by atoms with van der Waals surface area (Å²) >= 11 is 8.15. The van der Waals surface area contributed by atoms with E-state index in [2.05, 4.69) is 16.0 Å². The fourth-order valence-electron chi connectivity index (χ4n) is 6.38. The molecule has 1 spiro atoms. The van der Waals surface area contributed by atoms with E-state index in [-0.39, 0.29) is 18.2 Å². The van der Waals surface area contributed by atoms with E-state index in [0.717, 1.165) is 77.1 Å². The zero-order valence-electron chi connectivity index (χ0n) is 21.5. The molecule has 7 nitrogen and oxygen atoms in total. The van der Waals surface area contributed by atoms with Crippen molar-refractivity contribution in [3.05, 3.63) is 40.0 Å². The van der Waals surface area contributed by atoms with E-state index in [4.69, 9.17) is 16.6 Å². The van der Waals surface area contributed by atoms with Crippen LogP contribution in [0.15, 0.2) is 24.5 Å². The molecule has 1 atom stereocenters. The van der Waals surface area contributed by atoms with Gasteiger partial charge in [-0.2, -0.15) is 4.31 Å². The monoisotopic (exact) mass is 560 g/mol. The number of sulfonamides is 1. The minimum Gasteiger partial charge on any atom is -0.391 e. The lowest BCUT2D eigenvalue weighted by Crippen LogP contribution is -2.56. The third kappa shape index (κ3) is 4.00. The van der Waals surface area contributed by atoms with Crippen molar-refractivity contribution in [2.45, 2.75) is 82.2 Å². The maximum absolute atomic E-state index is 13.7. The first-order valence-corrected chi connectivity index (χ1v) is 15.6. The minimum absolute atomic E-state index is 0.0392. The number of aliphatic hydroxyl groups excluding tert-OH is 1. The molecule has 0 radical (unpaired) electrons. The van der Waals surface area contributed by atoms with Crippen LogP contribution in [0.25, 0.3) is 21.5 Å². The van der Waals surface area contributed by atoms with Crippen molar-refractivity contribution in [3.63, 3.8) is 0 Å². The van der Waals surface area contributed by atoms with Crippen LogP contribution >= 0.6 is 22.9 Å². The fraction of sp³-hybridized carbons (Fsp3) is 0.556. The topological polar surface area (TPSA) is 86.6 Å². The van der Waals surface area contributed by atoms with E-state index >= 15 is 0 Å². The predicted octanol–water partition coefficient (Wildman–Crippen LogP) is 5.38. The number of hydrogen-bond donors (Lipinski definition) is 1. The molecule has 10 heteroatoms. The number of aromatic nitrogens is 2. The zero-order valence-corrected chi connectivity index (χ0v) is 23.9. The molecule has 37 heavy (non-hydrogen) atoms. The van der Waals surface area contributed by atoms with Crippen molar-refractivity contribution >= 4 is 48.9 Å². The van der Waals surface area contributed by atoms with E-state index < -0.39 is 14.8 Å². The third-order valence-corrected chi connectivity index (χ3v) is 12.4. The van der Waals surface area contributed by atoms with Crippen LogP contribution < -0.4 is 4.90 Å². The molecule has 2 aromatic heterocycles. The average molecular weight is 561 g/mol. The molecule has 1 aliphatic carbocycles. The first kappa shape index (κ1) is 25.5. The van der Waals surface area contributed by atoms with Crippen molar-refractivity contribution in [2.75, 3.05) is 18.0 Å². The molecule has 0 unspecified atom stereocenters. The van der Waals surface area contributed by atoms with Crippen molar-refractivity contribution in [1.82, 2.24) is 14.3 Å². The number of benzene rings is 1. The van der Waals surface area contributed by atoms with Gasteiger partial charge in [0.05, 0.1) is 27.3 Å². The molecular formula is C27H33ClN4O3S2. The molecule has 2 aliphatic heterocycles. The Morgan fingerprint density at radius 1 is 1.19 bits per heavy atom. The molecular weight excluding hydrogens is 528 g/mol. The number of halogens is 1. The lowest BCUT2D eigenvalue weighted by Gasteiger charge is -2.46. The summed E-state index contributed by atoms with van der Waals surface area (Å²) in [5, 5.41) is 10.4. The summed E-state index contributed by atoms with van der Waals surface area (Å²) in [5.41, 5.74) is 4.61. The van der Waals surface area contributed by atoms with Gasteiger partial charge in [0, 0.05) is 45.8 Å². The van der Waals surface area contributed by atoms with Gasteiger partial charge in [-0.3, -0.25) is 0 Å². The van der Waals surface area contributed by atoms with Crippen LogP contribution in [0.4, 0.5) is 5.69 Å². The quantitative estimate of drug-likeness (QED) is 0.461. The van der Waals surface area contributed by atoms with E-state index in [1.165, 1.54) is 16.9 Å². The van der Waals surface area contributed by atoms with Gasteiger partial charge in [-0.25, -0.2) is 18.4 Å². The highest BCUT2D eigenvalue weighted by Crippen LogP contribution is 2.52. The Kier molecular flexibility index (Phi) is 6.12. The number of nitrogens with zero attached hydrogens (tertiary/aromatic N) is 4. The Morgan fingerprint density at radius 2 is 1.97 bits per heavy atom. The smallest absolute Gasteiger partial charge is 0.219 e. The molecule has 3 aliphatic rings. The number of thiophene rings is 1. The number of aliphatic hydroxyl groups is 1. The summed E-state index contributed by atoms with van der Waals surface area (Å²) in [5.74, 6) is 0. The second-order valence-corrected chi connectivity index (χ2v) is 15.8. The molecule has 6 rings (SSSR count). The summed E-state index contributed by atoms with van der Waals surface area (Å²) in [4.78, 5) is 12.4. The lowest BCUT2D eigenvalue weighted by molar-refractivity contribution is 0.125. The predicted molar refractivity (Wildman–Crippen MR) is 150 cm³/mol. The van der Waals surface area contributed by atoms with Crippen molar-refractivity contribution < 1.29 is 13.5 Å². The van der Waals surface area contributed by atoms with Crippen LogP contribution in [0.5, 0.6) is 0 Å². The van der Waals surface area contributed by atoms with E-state index in [0.29, 0.717) is 11.6 Å². The van der Waals surface area contributed by atoms with E-state index in [1.54, 1.807) is 27.1 Å². The normalized spacial score (nSPS) is 22.0. The molecule has 198 valence electrons. The minimum atomic E-state index is -3.45. The van der Waals surface area contributed by atoms with Crippen LogP contribution in [-0.4, -0.2) is 57.2 Å². The van der Waals surface area contributed by atoms with Gasteiger partial charge in [0.25, 0.3) is 0 Å². The van der Waals surface area contributed by atoms with Gasteiger partial charge in [-0.15, -0.1) is 11.3 Å². The lowest BCUT2D eigenvalue weighted by atomic mass is 9.75. The second kappa shape index (κ2) is 8.88. The molecule has 1 saturated carbocycles. The largest absolute Gasteiger partial charge is 0.391 e. The molecule has 3 aromatic rings. The van der Waals surface area contributed by atoms with Crippen LogP contribution in [0.3, 0.4) is 0 Å². The maximum Gasteiger partial charge on any atom is 0.219 e. The van der Waals surface area contributed by atoms with Crippen LogP contribution in [0.2, 0.25) is 5.02 Å². The SMILES string of the molecule is CC(C)(C)S(=O)(=O)N1C[C@@H](N2CCCc3cc(Cl)cc(-c4ncnc5cc(CO)sc45)c32)CC12CCC2. The molecule has 1 aromatic carbocycles. The van der Waals surface area contributed by atoms with Crippen LogP contribution in [0.1, 0.15) is 63.3 Å². The van der Waals surface area contributed by atoms with Gasteiger partial charge >= 0.3 is 0 Å². The summed E-state index contributed by atoms with van der Waals surface area (Å²) in [6.07, 6.45) is 7.26. The van der Waals surface area contributed by atoms with Gasteiger partial charge < -0.3 is 10.0 Å². The maximum atomic E-state index is 13.7. The Balaban J connectivity index is 1.47. The van der Waals surface area contributed by atoms with Gasteiger partial charge in [0.15, 0.2) is 0 Å². The van der Waals surface area contributed by atoms with Gasteiger partial charge in [-0.05, 0) is 83.1 Å². The molecule has 0 amide bonds. The highest BCUT2D eigenvalue weighted by molar-refractivity contribution is 7.90. The molecule has 2 fully saturated rings. The number of fused-ring (bicyclic) bond motifs is 2. The second-order valence-electron chi connectivity index (χ2n) is 11.6. The van der Waals surface area contributed by atoms with E-state index in [1.807, 2.05) is 16.4 Å². The van der Waals surface area contributed by atoms with E-state index in [9.17, 15) is 13.5 Å². The summed E-state index contributed by atoms with van der Waals surface area (Å²) < 4.78 is 29.4. The number of hydrogen-bond acceptors (Lipinski definition) is 7. The molecule has 0 bridgehead atoms. The number of aryl methyl sites for hydroxylation is 1. The van der Waals surface area contributed by atoms with Gasteiger partial charge in [0.2, 0.25) is 10.0 Å². The summed E-state index contributed by atoms with van der Waals surface area (Å²) in [6.45, 7) is 6.75. The third-order valence-electron chi connectivity index (χ3n) is 8.37. The Labute approximate surface area is 227 Å². The molecule has 1 N–H and O–H groups in total. The van der Waals surface area contributed by atoms with Crippen molar-refractivity contribution in [1.29, 1.82) is 0 Å². The molecule has 1 saturated heterocycles. The van der Waals surface area contributed by atoms with Crippen LogP contribution in [-0.2, 0) is 23.1 Å². The highest BCUT2D eigenvalue weighted by atomic mass is 35.5. The first-order valence-electron chi connectivity index (χ1n) is 13.0. The standard InChI is InChI=1S/C27H33ClN4O3S2/c1-26(2,3)37(34,35)32-14-19(13-27(32)7-5-8-27)31-9-4-6-17-10-18(28)11-21(24(17)31)23-25-22(29-16-30-23)12-20(15-33)36-25/h10-12,16,19,33H,4-9,13-15H2,1-3H3/t19-/m0/s1. The fourth-order valence-corrected chi connectivity index (χ4v) is 9.39. The first-order chi connectivity index (χ1) is 17.5. The average Bonchev–Trinajstić information content (AvgIpc) is 3.44. The Hall–Kier alpha value is -1.78. The number of rotatable bonds is 4. The van der Waals surface area contributed by atoms with Crippen LogP contribution in [0, 0.1) is 0 Å².